The molecule has 0 aliphatic carbocycles. The molecule has 112 valence electrons. The van der Waals surface area contributed by atoms with Crippen molar-refractivity contribution in [3.63, 3.8) is 0 Å². The van der Waals surface area contributed by atoms with Crippen LogP contribution in [0, 0.1) is 0 Å². The lowest BCUT2D eigenvalue weighted by atomic mass is 10.0. The Kier molecular flexibility index (Phi) is 4.96. The molecule has 0 spiro atoms. The van der Waals surface area contributed by atoms with Gasteiger partial charge in [0, 0.05) is 36.6 Å². The molecule has 1 aliphatic heterocycles. The Morgan fingerprint density at radius 1 is 1.29 bits per heavy atom. The van der Waals surface area contributed by atoms with Gasteiger partial charge >= 0.3 is 0 Å². The lowest BCUT2D eigenvalue weighted by Gasteiger charge is -2.37. The van der Waals surface area contributed by atoms with E-state index in [1.807, 2.05) is 6.07 Å². The summed E-state index contributed by atoms with van der Waals surface area (Å²) in [6.45, 7) is 5.53. The van der Waals surface area contributed by atoms with Crippen LogP contribution in [0.3, 0.4) is 0 Å². The number of benzene rings is 1. The van der Waals surface area contributed by atoms with Crippen LogP contribution >= 0.6 is 22.9 Å². The van der Waals surface area contributed by atoms with E-state index in [0.717, 1.165) is 30.4 Å². The molecule has 0 bridgehead atoms. The average molecular weight is 321 g/mol. The molecular formula is C17H21ClN2S. The quantitative estimate of drug-likeness (QED) is 0.916. The zero-order chi connectivity index (χ0) is 14.7. The molecule has 3 rings (SSSR count). The van der Waals surface area contributed by atoms with E-state index in [2.05, 4.69) is 53.5 Å². The largest absolute Gasteiger partial charge is 0.311 e. The van der Waals surface area contributed by atoms with E-state index in [9.17, 15) is 0 Å². The summed E-state index contributed by atoms with van der Waals surface area (Å²) in [5.74, 6) is 0. The summed E-state index contributed by atoms with van der Waals surface area (Å²) in [5.41, 5.74) is 1.41. The molecule has 0 radical (unpaired) electrons. The van der Waals surface area contributed by atoms with Crippen LogP contribution in [-0.4, -0.2) is 30.6 Å². The van der Waals surface area contributed by atoms with Crippen LogP contribution in [0.5, 0.6) is 0 Å². The number of rotatable bonds is 4. The lowest BCUT2D eigenvalue weighted by Crippen LogP contribution is -2.52. The second-order valence-electron chi connectivity index (χ2n) is 5.65. The third kappa shape index (κ3) is 3.86. The van der Waals surface area contributed by atoms with Gasteiger partial charge in [0.15, 0.2) is 0 Å². The first-order valence-corrected chi connectivity index (χ1v) is 8.68. The van der Waals surface area contributed by atoms with Gasteiger partial charge in [0.1, 0.15) is 0 Å². The van der Waals surface area contributed by atoms with Crippen LogP contribution in [0.4, 0.5) is 0 Å². The molecule has 1 aromatic carbocycles. The van der Waals surface area contributed by atoms with E-state index in [4.69, 9.17) is 11.6 Å². The molecule has 1 aromatic heterocycles. The van der Waals surface area contributed by atoms with Gasteiger partial charge in [-0.15, -0.1) is 11.3 Å². The molecule has 0 amide bonds. The second kappa shape index (κ2) is 6.93. The first-order valence-electron chi connectivity index (χ1n) is 7.49. The van der Waals surface area contributed by atoms with Gasteiger partial charge in [-0.05, 0) is 31.0 Å². The molecule has 1 aliphatic rings. The van der Waals surface area contributed by atoms with Crippen LogP contribution in [0.1, 0.15) is 23.4 Å². The molecule has 1 saturated heterocycles. The fourth-order valence-corrected chi connectivity index (χ4v) is 4.12. The third-order valence-corrected chi connectivity index (χ3v) is 5.57. The molecule has 2 atom stereocenters. The Morgan fingerprint density at radius 2 is 2.10 bits per heavy atom. The Bertz CT molecular complexity index is 569. The van der Waals surface area contributed by atoms with Crippen molar-refractivity contribution in [3.8, 4) is 0 Å². The maximum Gasteiger partial charge on any atom is 0.0931 e. The van der Waals surface area contributed by atoms with Crippen molar-refractivity contribution in [2.75, 3.05) is 19.6 Å². The predicted octanol–water partition coefficient (Wildman–Crippen LogP) is 3.98. The average Bonchev–Trinajstić information content (AvgIpc) is 2.94. The summed E-state index contributed by atoms with van der Waals surface area (Å²) in [7, 11) is 0. The first kappa shape index (κ1) is 15.0. The van der Waals surface area contributed by atoms with E-state index in [0.29, 0.717) is 12.1 Å². The van der Waals surface area contributed by atoms with E-state index >= 15 is 0 Å². The lowest BCUT2D eigenvalue weighted by molar-refractivity contribution is 0.154. The predicted molar refractivity (Wildman–Crippen MR) is 91.3 cm³/mol. The summed E-state index contributed by atoms with van der Waals surface area (Å²) in [5, 5.41) is 3.64. The Balaban J connectivity index is 1.63. The highest BCUT2D eigenvalue weighted by Gasteiger charge is 2.24. The maximum absolute atomic E-state index is 6.07. The van der Waals surface area contributed by atoms with Gasteiger partial charge in [-0.3, -0.25) is 4.90 Å². The minimum atomic E-state index is 0.447. The summed E-state index contributed by atoms with van der Waals surface area (Å²) in [4.78, 5) is 3.92. The Hall–Kier alpha value is -0.870. The van der Waals surface area contributed by atoms with Crippen molar-refractivity contribution < 1.29 is 0 Å². The van der Waals surface area contributed by atoms with Gasteiger partial charge < -0.3 is 5.32 Å². The fraction of sp³-hybridized carbons (Fsp3) is 0.412. The second-order valence-corrected chi connectivity index (χ2v) is 7.40. The van der Waals surface area contributed by atoms with Crippen LogP contribution in [-0.2, 0) is 6.42 Å². The molecule has 2 unspecified atom stereocenters. The zero-order valence-corrected chi connectivity index (χ0v) is 13.8. The number of piperazine rings is 1. The molecule has 2 aromatic rings. The van der Waals surface area contributed by atoms with Gasteiger partial charge in [-0.2, -0.15) is 0 Å². The smallest absolute Gasteiger partial charge is 0.0931 e. The Labute approximate surface area is 135 Å². The van der Waals surface area contributed by atoms with Crippen LogP contribution < -0.4 is 5.32 Å². The van der Waals surface area contributed by atoms with Crippen molar-refractivity contribution in [3.05, 3.63) is 57.2 Å². The molecule has 1 fully saturated rings. The van der Waals surface area contributed by atoms with E-state index in [1.54, 1.807) is 11.3 Å². The number of hydrogen-bond acceptors (Lipinski definition) is 3. The summed E-state index contributed by atoms with van der Waals surface area (Å²) in [6.07, 6.45) is 1.09. The number of nitrogens with zero attached hydrogens (tertiary/aromatic N) is 1. The SMILES string of the molecule is CC(c1ccc(Cl)s1)N1CCNC(Cc2ccccc2)C1. The van der Waals surface area contributed by atoms with E-state index in [-0.39, 0.29) is 0 Å². The number of thiophene rings is 1. The number of hydrogen-bond donors (Lipinski definition) is 1. The number of nitrogens with one attached hydrogen (secondary N) is 1. The van der Waals surface area contributed by atoms with Gasteiger partial charge in [0.05, 0.1) is 4.34 Å². The zero-order valence-electron chi connectivity index (χ0n) is 12.3. The molecule has 1 N–H and O–H groups in total. The summed E-state index contributed by atoms with van der Waals surface area (Å²) < 4.78 is 0.882. The van der Waals surface area contributed by atoms with Crippen molar-refractivity contribution in [2.24, 2.45) is 0 Å². The third-order valence-electron chi connectivity index (χ3n) is 4.17. The maximum atomic E-state index is 6.07. The van der Waals surface area contributed by atoms with Crippen molar-refractivity contribution in [1.29, 1.82) is 0 Å². The number of halogens is 1. The molecule has 2 nitrogen and oxygen atoms in total. The van der Waals surface area contributed by atoms with Crippen molar-refractivity contribution >= 4 is 22.9 Å². The minimum absolute atomic E-state index is 0.447. The molecular weight excluding hydrogens is 300 g/mol. The normalized spacial score (nSPS) is 21.3. The van der Waals surface area contributed by atoms with E-state index < -0.39 is 0 Å². The first-order chi connectivity index (χ1) is 10.2. The summed E-state index contributed by atoms with van der Waals surface area (Å²) in [6, 6.07) is 15.9. The highest BCUT2D eigenvalue weighted by molar-refractivity contribution is 7.16. The minimum Gasteiger partial charge on any atom is -0.311 e. The van der Waals surface area contributed by atoms with Gasteiger partial charge in [0.25, 0.3) is 0 Å². The topological polar surface area (TPSA) is 15.3 Å². The highest BCUT2D eigenvalue weighted by Crippen LogP contribution is 2.30. The summed E-state index contributed by atoms with van der Waals surface area (Å²) >= 11 is 7.77. The van der Waals surface area contributed by atoms with Crippen molar-refractivity contribution in [1.82, 2.24) is 10.2 Å². The molecule has 2 heterocycles. The molecule has 21 heavy (non-hydrogen) atoms. The Morgan fingerprint density at radius 3 is 2.81 bits per heavy atom. The standard InChI is InChI=1S/C17H21ClN2S/c1-13(16-7-8-17(18)21-16)20-10-9-19-15(12-20)11-14-5-3-2-4-6-14/h2-8,13,15,19H,9-12H2,1H3. The van der Waals surface area contributed by atoms with Gasteiger partial charge in [-0.1, -0.05) is 41.9 Å². The van der Waals surface area contributed by atoms with E-state index in [1.165, 1.54) is 10.4 Å². The monoisotopic (exact) mass is 320 g/mol. The highest BCUT2D eigenvalue weighted by atomic mass is 35.5. The van der Waals surface area contributed by atoms with Crippen molar-refractivity contribution in [2.45, 2.75) is 25.4 Å². The van der Waals surface area contributed by atoms with Gasteiger partial charge in [0.2, 0.25) is 0 Å². The fourth-order valence-electron chi connectivity index (χ4n) is 2.97. The van der Waals surface area contributed by atoms with Crippen LogP contribution in [0.15, 0.2) is 42.5 Å². The van der Waals surface area contributed by atoms with Crippen LogP contribution in [0.25, 0.3) is 0 Å². The molecule has 4 heteroatoms. The van der Waals surface area contributed by atoms with Gasteiger partial charge in [-0.25, -0.2) is 0 Å². The molecule has 0 saturated carbocycles. The van der Waals surface area contributed by atoms with Crippen LogP contribution in [0.2, 0.25) is 4.34 Å².